The fourth-order valence-corrected chi connectivity index (χ4v) is 2.93. The molecule has 7 heteroatoms. The van der Waals surface area contributed by atoms with Crippen LogP contribution in [0.2, 0.25) is 5.02 Å². The molecule has 0 spiro atoms. The number of sulfonamides is 1. The Hall–Kier alpha value is -0.850. The molecule has 0 aromatic carbocycles. The number of hydrogen-bond donors (Lipinski definition) is 2. The number of hydrogen-bond acceptors (Lipinski definition) is 4. The van der Waals surface area contributed by atoms with Crippen molar-refractivity contribution in [3.8, 4) is 0 Å². The van der Waals surface area contributed by atoms with Gasteiger partial charge in [0, 0.05) is 18.8 Å². The van der Waals surface area contributed by atoms with Crippen LogP contribution in [0, 0.1) is 0 Å². The lowest BCUT2D eigenvalue weighted by Crippen LogP contribution is -2.40. The molecule has 17 heavy (non-hydrogen) atoms. The Morgan fingerprint density at radius 3 is 2.35 bits per heavy atom. The summed E-state index contributed by atoms with van der Waals surface area (Å²) in [5, 5.41) is 3.03. The molecule has 5 nitrogen and oxygen atoms in total. The third kappa shape index (κ3) is 3.83. The Morgan fingerprint density at radius 1 is 1.35 bits per heavy atom. The van der Waals surface area contributed by atoms with Crippen molar-refractivity contribution in [2.24, 2.45) is 0 Å². The van der Waals surface area contributed by atoms with E-state index in [0.717, 1.165) is 0 Å². The fourth-order valence-electron chi connectivity index (χ4n) is 1.21. The number of anilines is 1. The third-order valence-electron chi connectivity index (χ3n) is 1.80. The van der Waals surface area contributed by atoms with Crippen LogP contribution in [-0.2, 0) is 10.0 Å². The summed E-state index contributed by atoms with van der Waals surface area (Å²) in [5.41, 5.74) is -0.549. The van der Waals surface area contributed by atoms with Crippen LogP contribution in [0.1, 0.15) is 20.8 Å². The smallest absolute Gasteiger partial charge is 0.242 e. The molecule has 0 aliphatic heterocycles. The molecule has 0 amide bonds. The van der Waals surface area contributed by atoms with E-state index in [1.807, 2.05) is 0 Å². The summed E-state index contributed by atoms with van der Waals surface area (Å²) in [6.07, 6.45) is 1.27. The van der Waals surface area contributed by atoms with E-state index in [1.54, 1.807) is 27.8 Å². The SMILES string of the molecule is CNc1ncc(S(=O)(=O)NC(C)(C)C)cc1Cl. The summed E-state index contributed by atoms with van der Waals surface area (Å²) in [5.74, 6) is 0.446. The van der Waals surface area contributed by atoms with E-state index < -0.39 is 15.6 Å². The average molecular weight is 278 g/mol. The van der Waals surface area contributed by atoms with Crippen molar-refractivity contribution in [1.29, 1.82) is 0 Å². The first-order valence-corrected chi connectivity index (χ1v) is 6.89. The molecule has 0 saturated heterocycles. The molecule has 1 rings (SSSR count). The van der Waals surface area contributed by atoms with Crippen molar-refractivity contribution in [3.63, 3.8) is 0 Å². The Morgan fingerprint density at radius 2 is 1.94 bits per heavy atom. The lowest BCUT2D eigenvalue weighted by molar-refractivity contribution is 0.491. The first-order chi connectivity index (χ1) is 7.65. The molecule has 1 aromatic heterocycles. The summed E-state index contributed by atoms with van der Waals surface area (Å²) in [7, 11) is -1.93. The van der Waals surface area contributed by atoms with E-state index in [0.29, 0.717) is 5.82 Å². The highest BCUT2D eigenvalue weighted by Crippen LogP contribution is 2.22. The van der Waals surface area contributed by atoms with E-state index in [2.05, 4.69) is 15.0 Å². The molecule has 1 heterocycles. The highest BCUT2D eigenvalue weighted by molar-refractivity contribution is 7.89. The molecular weight excluding hydrogens is 262 g/mol. The topological polar surface area (TPSA) is 71.1 Å². The quantitative estimate of drug-likeness (QED) is 0.885. The molecule has 0 fully saturated rings. The lowest BCUT2D eigenvalue weighted by atomic mass is 10.1. The standard InChI is InChI=1S/C10H16ClN3O2S/c1-10(2,3)14-17(15,16)7-5-8(11)9(12-4)13-6-7/h5-6,14H,1-4H3,(H,12,13). The predicted octanol–water partition coefficient (Wildman–Crippen LogP) is 1.85. The van der Waals surface area contributed by atoms with Gasteiger partial charge in [-0.25, -0.2) is 18.1 Å². The van der Waals surface area contributed by atoms with Crippen molar-refractivity contribution in [2.75, 3.05) is 12.4 Å². The molecule has 0 aliphatic carbocycles. The minimum absolute atomic E-state index is 0.0522. The summed E-state index contributed by atoms with van der Waals surface area (Å²) in [4.78, 5) is 3.98. The van der Waals surface area contributed by atoms with Gasteiger partial charge in [-0.05, 0) is 26.8 Å². The van der Waals surface area contributed by atoms with Crippen LogP contribution in [0.15, 0.2) is 17.2 Å². The van der Waals surface area contributed by atoms with Gasteiger partial charge in [0.2, 0.25) is 10.0 Å². The zero-order valence-electron chi connectivity index (χ0n) is 10.2. The maximum atomic E-state index is 12.0. The highest BCUT2D eigenvalue weighted by atomic mass is 35.5. The highest BCUT2D eigenvalue weighted by Gasteiger charge is 2.22. The van der Waals surface area contributed by atoms with Crippen molar-refractivity contribution < 1.29 is 8.42 Å². The molecule has 0 saturated carbocycles. The number of aromatic nitrogens is 1. The molecule has 0 bridgehead atoms. The average Bonchev–Trinajstić information content (AvgIpc) is 2.13. The van der Waals surface area contributed by atoms with Crippen molar-refractivity contribution in [1.82, 2.24) is 9.71 Å². The first-order valence-electron chi connectivity index (χ1n) is 5.03. The lowest BCUT2D eigenvalue weighted by Gasteiger charge is -2.20. The van der Waals surface area contributed by atoms with Crippen LogP contribution in [0.25, 0.3) is 0 Å². The van der Waals surface area contributed by atoms with Gasteiger partial charge in [0.1, 0.15) is 10.7 Å². The minimum Gasteiger partial charge on any atom is -0.372 e. The number of nitrogens with zero attached hydrogens (tertiary/aromatic N) is 1. The molecule has 0 radical (unpaired) electrons. The Labute approximate surface area is 107 Å². The van der Waals surface area contributed by atoms with Gasteiger partial charge >= 0.3 is 0 Å². The molecule has 2 N–H and O–H groups in total. The van der Waals surface area contributed by atoms with Gasteiger partial charge in [0.25, 0.3) is 0 Å². The Kier molecular flexibility index (Phi) is 4.01. The van der Waals surface area contributed by atoms with Crippen molar-refractivity contribution in [2.45, 2.75) is 31.2 Å². The van der Waals surface area contributed by atoms with E-state index in [1.165, 1.54) is 12.3 Å². The summed E-state index contributed by atoms with van der Waals surface area (Å²) in [6, 6.07) is 1.37. The monoisotopic (exact) mass is 277 g/mol. The van der Waals surface area contributed by atoms with Crippen LogP contribution >= 0.6 is 11.6 Å². The molecule has 1 aromatic rings. The van der Waals surface area contributed by atoms with Gasteiger partial charge < -0.3 is 5.32 Å². The van der Waals surface area contributed by atoms with Crippen molar-refractivity contribution >= 4 is 27.4 Å². The number of halogens is 1. The molecule has 0 aliphatic rings. The molecule has 0 unspecified atom stereocenters. The van der Waals surface area contributed by atoms with E-state index >= 15 is 0 Å². The molecular formula is C10H16ClN3O2S. The van der Waals surface area contributed by atoms with Gasteiger partial charge in [-0.15, -0.1) is 0 Å². The zero-order chi connectivity index (χ0) is 13.3. The van der Waals surface area contributed by atoms with Crippen LogP contribution in [0.5, 0.6) is 0 Å². The number of pyridine rings is 1. The van der Waals surface area contributed by atoms with Crippen LogP contribution in [0.3, 0.4) is 0 Å². The van der Waals surface area contributed by atoms with E-state index in [9.17, 15) is 8.42 Å². The minimum atomic E-state index is -3.59. The predicted molar refractivity (Wildman–Crippen MR) is 68.9 cm³/mol. The van der Waals surface area contributed by atoms with E-state index in [-0.39, 0.29) is 9.92 Å². The van der Waals surface area contributed by atoms with E-state index in [4.69, 9.17) is 11.6 Å². The third-order valence-corrected chi connectivity index (χ3v) is 3.82. The van der Waals surface area contributed by atoms with Gasteiger partial charge in [-0.1, -0.05) is 11.6 Å². The van der Waals surface area contributed by atoms with Gasteiger partial charge in [-0.3, -0.25) is 0 Å². The second-order valence-electron chi connectivity index (χ2n) is 4.61. The molecule has 0 atom stereocenters. The van der Waals surface area contributed by atoms with Crippen LogP contribution in [0.4, 0.5) is 5.82 Å². The summed E-state index contributed by atoms with van der Waals surface area (Å²) >= 11 is 5.89. The maximum absolute atomic E-state index is 12.0. The van der Waals surface area contributed by atoms with Crippen LogP contribution < -0.4 is 10.0 Å². The summed E-state index contributed by atoms with van der Waals surface area (Å²) < 4.78 is 26.5. The Bertz CT molecular complexity index is 509. The van der Waals surface area contributed by atoms with Crippen molar-refractivity contribution in [3.05, 3.63) is 17.3 Å². The van der Waals surface area contributed by atoms with Gasteiger partial charge in [0.15, 0.2) is 0 Å². The first kappa shape index (κ1) is 14.2. The fraction of sp³-hybridized carbons (Fsp3) is 0.500. The normalized spacial score (nSPS) is 12.5. The largest absolute Gasteiger partial charge is 0.372 e. The zero-order valence-corrected chi connectivity index (χ0v) is 11.8. The summed E-state index contributed by atoms with van der Waals surface area (Å²) in [6.45, 7) is 5.30. The second kappa shape index (κ2) is 4.80. The van der Waals surface area contributed by atoms with Gasteiger partial charge in [-0.2, -0.15) is 0 Å². The second-order valence-corrected chi connectivity index (χ2v) is 6.70. The maximum Gasteiger partial charge on any atom is 0.242 e. The number of nitrogens with one attached hydrogen (secondary N) is 2. The number of rotatable bonds is 3. The van der Waals surface area contributed by atoms with Crippen LogP contribution in [-0.4, -0.2) is 26.0 Å². The van der Waals surface area contributed by atoms with Gasteiger partial charge in [0.05, 0.1) is 5.02 Å². The Balaban J connectivity index is 3.13. The molecule has 96 valence electrons.